The molecule has 0 spiro atoms. The Morgan fingerprint density at radius 1 is 0.812 bits per heavy atom. The Balaban J connectivity index is 0.00000171. The summed E-state index contributed by atoms with van der Waals surface area (Å²) in [7, 11) is -15.7. The fourth-order valence-electron chi connectivity index (χ4n) is 3.89. The molecule has 1 atom stereocenters. The quantitative estimate of drug-likeness (QED) is 0.295. The summed E-state index contributed by atoms with van der Waals surface area (Å²) in [6.45, 7) is 0. The van der Waals surface area contributed by atoms with Crippen LogP contribution in [0.15, 0.2) is 42.5 Å². The number of benzene rings is 2. The Kier molecular flexibility index (Phi) is 9.26. The molecule has 4 rings (SSSR count). The van der Waals surface area contributed by atoms with Crippen molar-refractivity contribution in [1.82, 2.24) is 0 Å². The van der Waals surface area contributed by atoms with Gasteiger partial charge in [-0.1, -0.05) is 30.4 Å². The standard InChI is InChI=1S/C16H12O10S3.3Na.3H/c17-12-5-4-11-15-9(12)2-3-10-13(27(18,19)20)6-1-8(14(10)15)7-16(11,28(21,22)23)29(24,25)26;;;;;;/h1-7,13,17H,(H,18,19,20)(H,21,22,23)(H,24,25,26);;;;;;. The maximum absolute atomic E-state index is 12.2. The van der Waals surface area contributed by atoms with Crippen LogP contribution in [-0.4, -0.2) is 133 Å². The van der Waals surface area contributed by atoms with E-state index in [4.69, 9.17) is 0 Å². The van der Waals surface area contributed by atoms with Crippen molar-refractivity contribution in [2.45, 2.75) is 9.33 Å². The molecule has 0 amide bonds. The first-order valence-electron chi connectivity index (χ1n) is 7.81. The van der Waals surface area contributed by atoms with Crippen LogP contribution < -0.4 is 0 Å². The molecule has 0 bridgehead atoms. The average molecular weight is 532 g/mol. The van der Waals surface area contributed by atoms with Crippen molar-refractivity contribution in [3.8, 4) is 5.75 Å². The van der Waals surface area contributed by atoms with Crippen LogP contribution in [0.1, 0.15) is 21.9 Å². The van der Waals surface area contributed by atoms with E-state index in [-0.39, 0.29) is 122 Å². The van der Waals surface area contributed by atoms with Gasteiger partial charge in [0.05, 0.1) is 0 Å². The van der Waals surface area contributed by atoms with Crippen LogP contribution in [0.5, 0.6) is 5.75 Å². The average Bonchev–Trinajstić information content (AvgIpc) is 2.57. The van der Waals surface area contributed by atoms with Crippen LogP contribution in [0.3, 0.4) is 0 Å². The van der Waals surface area contributed by atoms with Crippen molar-refractivity contribution in [2.24, 2.45) is 0 Å². The first kappa shape index (κ1) is 30.7. The maximum atomic E-state index is 12.2. The van der Waals surface area contributed by atoms with Gasteiger partial charge in [-0.2, -0.15) is 25.3 Å². The molecule has 4 N–H and O–H groups in total. The zero-order valence-electron chi connectivity index (χ0n) is 14.1. The number of hydrogen-bond acceptors (Lipinski definition) is 7. The van der Waals surface area contributed by atoms with E-state index < -0.39 is 45.2 Å². The summed E-state index contributed by atoms with van der Waals surface area (Å²) in [6.07, 6.45) is 2.65. The van der Waals surface area contributed by atoms with E-state index in [0.29, 0.717) is 6.08 Å². The van der Waals surface area contributed by atoms with Crippen LogP contribution in [0, 0.1) is 0 Å². The van der Waals surface area contributed by atoms with E-state index in [1.54, 1.807) is 0 Å². The van der Waals surface area contributed by atoms with Gasteiger partial charge in [0.15, 0.2) is 0 Å². The molecule has 0 saturated carbocycles. The zero-order valence-corrected chi connectivity index (χ0v) is 16.5. The summed E-state index contributed by atoms with van der Waals surface area (Å²) in [5.74, 6) is -0.384. The van der Waals surface area contributed by atoms with E-state index in [1.165, 1.54) is 12.1 Å². The Hall–Kier alpha value is 0.710. The normalized spacial score (nSPS) is 18.6. The van der Waals surface area contributed by atoms with Gasteiger partial charge in [0.1, 0.15) is 11.0 Å². The van der Waals surface area contributed by atoms with Gasteiger partial charge >= 0.3 is 88.7 Å². The van der Waals surface area contributed by atoms with Gasteiger partial charge in [-0.15, -0.1) is 0 Å². The van der Waals surface area contributed by atoms with E-state index in [0.717, 1.165) is 24.3 Å². The van der Waals surface area contributed by atoms with Gasteiger partial charge < -0.3 is 5.11 Å². The molecule has 0 aliphatic heterocycles. The van der Waals surface area contributed by atoms with Crippen molar-refractivity contribution in [3.63, 3.8) is 0 Å². The van der Waals surface area contributed by atoms with Crippen molar-refractivity contribution >= 4 is 135 Å². The number of allylic oxidation sites excluding steroid dienone is 2. The fraction of sp³-hybridized carbons (Fsp3) is 0.125. The third kappa shape index (κ3) is 4.38. The molecular formula is C16H15Na3O10S3. The molecule has 160 valence electrons. The summed E-state index contributed by atoms with van der Waals surface area (Å²) in [6, 6.07) is 4.37. The molecule has 2 aromatic rings. The molecule has 0 saturated heterocycles. The first-order chi connectivity index (χ1) is 13.2. The first-order valence-corrected chi connectivity index (χ1v) is 12.2. The van der Waals surface area contributed by atoms with Gasteiger partial charge in [0.25, 0.3) is 34.4 Å². The van der Waals surface area contributed by atoms with Gasteiger partial charge in [-0.3, -0.25) is 13.7 Å². The Labute approximate surface area is 250 Å². The SMILES string of the molecule is O=S(=O)(O)C1C=CC2=CC(S(=O)(=O)O)(S(=O)(=O)O)c3ccc(O)c4ccc1c2c34.[NaH].[NaH].[NaH]. The van der Waals surface area contributed by atoms with Crippen LogP contribution in [0.25, 0.3) is 16.3 Å². The molecule has 16 heteroatoms. The molecule has 1 unspecified atom stereocenters. The molecule has 0 heterocycles. The minimum atomic E-state index is -5.52. The monoisotopic (exact) mass is 532 g/mol. The fourth-order valence-corrected chi connectivity index (χ4v) is 7.19. The Morgan fingerprint density at radius 2 is 1.38 bits per heavy atom. The third-order valence-electron chi connectivity index (χ3n) is 5.04. The summed E-state index contributed by atoms with van der Waals surface area (Å²) in [4.78, 5) is 0. The number of phenolic OH excluding ortho intramolecular Hbond substituents is 1. The number of rotatable bonds is 3. The predicted octanol–water partition coefficient (Wildman–Crippen LogP) is -0.576. The molecule has 0 radical (unpaired) electrons. The third-order valence-corrected chi connectivity index (χ3v) is 9.57. The second-order valence-electron chi connectivity index (χ2n) is 6.60. The molecule has 32 heavy (non-hydrogen) atoms. The summed E-state index contributed by atoms with van der Waals surface area (Å²) >= 11 is 0. The topological polar surface area (TPSA) is 183 Å². The van der Waals surface area contributed by atoms with Gasteiger partial charge in [-0.25, -0.2) is 0 Å². The summed E-state index contributed by atoms with van der Waals surface area (Å²) in [5, 5.41) is 8.40. The number of aromatic hydroxyl groups is 1. The van der Waals surface area contributed by atoms with E-state index in [9.17, 15) is 44.0 Å². The molecule has 2 aromatic carbocycles. The molecular weight excluding hydrogens is 517 g/mol. The van der Waals surface area contributed by atoms with E-state index >= 15 is 0 Å². The predicted molar refractivity (Wildman–Crippen MR) is 123 cm³/mol. The van der Waals surface area contributed by atoms with Crippen LogP contribution in [-0.2, 0) is 34.4 Å². The second kappa shape index (κ2) is 9.64. The van der Waals surface area contributed by atoms with Crippen LogP contribution in [0.4, 0.5) is 0 Å². The molecule has 0 aromatic heterocycles. The van der Waals surface area contributed by atoms with Crippen molar-refractivity contribution in [3.05, 3.63) is 59.2 Å². The van der Waals surface area contributed by atoms with Gasteiger partial charge in [0, 0.05) is 10.9 Å². The molecule has 2 aliphatic carbocycles. The second-order valence-corrected chi connectivity index (χ2v) is 11.6. The van der Waals surface area contributed by atoms with E-state index in [2.05, 4.69) is 0 Å². The van der Waals surface area contributed by atoms with Crippen LogP contribution >= 0.6 is 0 Å². The summed E-state index contributed by atoms with van der Waals surface area (Å²) < 4.78 is 98.3. The Bertz CT molecular complexity index is 1460. The molecule has 2 aliphatic rings. The van der Waals surface area contributed by atoms with Crippen molar-refractivity contribution in [1.29, 1.82) is 0 Å². The van der Waals surface area contributed by atoms with Crippen molar-refractivity contribution < 1.29 is 44.0 Å². The van der Waals surface area contributed by atoms with Crippen LogP contribution in [0.2, 0.25) is 0 Å². The van der Waals surface area contributed by atoms with E-state index in [1.807, 2.05) is 0 Å². The summed E-state index contributed by atoms with van der Waals surface area (Å²) in [5.41, 5.74) is -0.694. The minimum absolute atomic E-state index is 0. The van der Waals surface area contributed by atoms with Gasteiger partial charge in [-0.05, 0) is 34.2 Å². The van der Waals surface area contributed by atoms with Gasteiger partial charge in [0.2, 0.25) is 0 Å². The Morgan fingerprint density at radius 3 is 1.88 bits per heavy atom. The number of hydrogen-bond donors (Lipinski definition) is 4. The molecule has 0 fully saturated rings. The number of phenols is 1. The zero-order chi connectivity index (χ0) is 21.6. The van der Waals surface area contributed by atoms with Crippen molar-refractivity contribution in [2.75, 3.05) is 0 Å². The molecule has 10 nitrogen and oxygen atoms in total.